The predicted octanol–water partition coefficient (Wildman–Crippen LogP) is 7.63. The second kappa shape index (κ2) is 8.25. The number of hydrogen-bond donors (Lipinski definition) is 0. The lowest BCUT2D eigenvalue weighted by Crippen LogP contribution is -2.11. The molecule has 0 saturated heterocycles. The molecule has 2 aromatic heterocycles. The maximum absolute atomic E-state index is 4.73. The third kappa shape index (κ3) is 4.14. The molecular weight excluding hydrogens is 402 g/mol. The van der Waals surface area contributed by atoms with E-state index in [9.17, 15) is 0 Å². The molecule has 0 aliphatic heterocycles. The largest absolute Gasteiger partial charge is 0.256 e. The molecule has 0 atom stereocenters. The topological polar surface area (TPSA) is 38.7 Å². The van der Waals surface area contributed by atoms with E-state index in [1.54, 1.807) is 12.4 Å². The average Bonchev–Trinajstić information content (AvgIpc) is 2.84. The summed E-state index contributed by atoms with van der Waals surface area (Å²) in [4.78, 5) is 14.1. The van der Waals surface area contributed by atoms with Gasteiger partial charge in [-0.05, 0) is 47.2 Å². The zero-order valence-corrected chi connectivity index (χ0v) is 19.5. The lowest BCUT2D eigenvalue weighted by Gasteiger charge is -2.19. The molecule has 0 aliphatic rings. The lowest BCUT2D eigenvalue weighted by atomic mass is 9.87. The molecule has 0 bridgehead atoms. The Labute approximate surface area is 195 Å². The van der Waals surface area contributed by atoms with Crippen LogP contribution < -0.4 is 0 Å². The van der Waals surface area contributed by atoms with E-state index in [4.69, 9.17) is 9.97 Å². The molecule has 0 saturated carbocycles. The Balaban J connectivity index is 1.63. The summed E-state index contributed by atoms with van der Waals surface area (Å²) >= 11 is 0. The number of benzene rings is 3. The molecular formula is C30H27N3. The van der Waals surface area contributed by atoms with Crippen molar-refractivity contribution in [3.63, 3.8) is 0 Å². The minimum atomic E-state index is 0.0763. The highest BCUT2D eigenvalue weighted by Gasteiger charge is 2.16. The first-order valence-corrected chi connectivity index (χ1v) is 11.3. The lowest BCUT2D eigenvalue weighted by molar-refractivity contribution is 0.589. The zero-order valence-electron chi connectivity index (χ0n) is 19.5. The number of aromatic nitrogens is 3. The highest BCUT2D eigenvalue weighted by Crippen LogP contribution is 2.35. The van der Waals surface area contributed by atoms with Crippen LogP contribution in [-0.2, 0) is 5.41 Å². The Morgan fingerprint density at radius 2 is 1.21 bits per heavy atom. The van der Waals surface area contributed by atoms with Gasteiger partial charge in [-0.15, -0.1) is 0 Å². The van der Waals surface area contributed by atoms with Gasteiger partial charge in [0, 0.05) is 35.3 Å². The zero-order chi connectivity index (χ0) is 23.0. The van der Waals surface area contributed by atoms with Crippen LogP contribution in [0.1, 0.15) is 31.9 Å². The highest BCUT2D eigenvalue weighted by atomic mass is 14.8. The molecule has 0 fully saturated rings. The standard InChI is InChI=1S/C30H27N3/c1-20-8-10-21(11-9-20)25-12-13-26(29-28(25)32-16-17-33-29)22-6-5-7-23(18-22)27-19-24(14-15-31-27)30(2,3)4/h5-19H,1-4H3. The second-order valence-electron chi connectivity index (χ2n) is 9.54. The van der Waals surface area contributed by atoms with Gasteiger partial charge in [-0.25, -0.2) is 0 Å². The molecule has 3 heteroatoms. The van der Waals surface area contributed by atoms with Crippen molar-refractivity contribution in [2.45, 2.75) is 33.1 Å². The number of nitrogens with zero attached hydrogens (tertiary/aromatic N) is 3. The van der Waals surface area contributed by atoms with Gasteiger partial charge in [-0.3, -0.25) is 15.0 Å². The van der Waals surface area contributed by atoms with E-state index in [2.05, 4.69) is 105 Å². The van der Waals surface area contributed by atoms with E-state index in [0.717, 1.165) is 44.5 Å². The summed E-state index contributed by atoms with van der Waals surface area (Å²) in [7, 11) is 0. The van der Waals surface area contributed by atoms with Crippen molar-refractivity contribution < 1.29 is 0 Å². The van der Waals surface area contributed by atoms with Gasteiger partial charge in [0.05, 0.1) is 16.7 Å². The Kier molecular flexibility index (Phi) is 5.26. The Hall–Kier alpha value is -3.85. The van der Waals surface area contributed by atoms with Gasteiger partial charge in [0.15, 0.2) is 0 Å². The van der Waals surface area contributed by atoms with E-state index in [0.29, 0.717) is 0 Å². The van der Waals surface area contributed by atoms with Gasteiger partial charge in [0.1, 0.15) is 0 Å². The van der Waals surface area contributed by atoms with E-state index in [-0.39, 0.29) is 5.41 Å². The number of fused-ring (bicyclic) bond motifs is 1. The molecule has 33 heavy (non-hydrogen) atoms. The molecule has 5 rings (SSSR count). The van der Waals surface area contributed by atoms with E-state index < -0.39 is 0 Å². The monoisotopic (exact) mass is 429 g/mol. The first-order valence-electron chi connectivity index (χ1n) is 11.3. The fourth-order valence-electron chi connectivity index (χ4n) is 4.16. The molecule has 2 heterocycles. The maximum atomic E-state index is 4.73. The SMILES string of the molecule is Cc1ccc(-c2ccc(-c3cccc(-c4cc(C(C)(C)C)ccn4)c3)c3nccnc23)cc1. The van der Waals surface area contributed by atoms with Crippen LogP contribution in [0, 0.1) is 6.92 Å². The van der Waals surface area contributed by atoms with Gasteiger partial charge in [-0.1, -0.05) is 80.9 Å². The van der Waals surface area contributed by atoms with Crippen LogP contribution in [0.15, 0.2) is 91.4 Å². The summed E-state index contributed by atoms with van der Waals surface area (Å²) in [6, 6.07) is 25.7. The van der Waals surface area contributed by atoms with Gasteiger partial charge >= 0.3 is 0 Å². The molecule has 5 aromatic rings. The molecule has 0 aliphatic carbocycles. The molecule has 0 N–H and O–H groups in total. The number of pyridine rings is 1. The fraction of sp³-hybridized carbons (Fsp3) is 0.167. The number of hydrogen-bond acceptors (Lipinski definition) is 3. The molecule has 162 valence electrons. The van der Waals surface area contributed by atoms with Gasteiger partial charge in [0.25, 0.3) is 0 Å². The smallest absolute Gasteiger partial charge is 0.0971 e. The van der Waals surface area contributed by atoms with Crippen LogP contribution in [0.2, 0.25) is 0 Å². The van der Waals surface area contributed by atoms with Crippen molar-refractivity contribution in [1.29, 1.82) is 0 Å². The molecule has 0 radical (unpaired) electrons. The molecule has 0 spiro atoms. The second-order valence-corrected chi connectivity index (χ2v) is 9.54. The summed E-state index contributed by atoms with van der Waals surface area (Å²) in [5.74, 6) is 0. The summed E-state index contributed by atoms with van der Waals surface area (Å²) in [6.45, 7) is 8.78. The summed E-state index contributed by atoms with van der Waals surface area (Å²) in [5.41, 5.74) is 10.9. The van der Waals surface area contributed by atoms with Crippen LogP contribution in [0.3, 0.4) is 0 Å². The average molecular weight is 430 g/mol. The van der Waals surface area contributed by atoms with Crippen molar-refractivity contribution in [1.82, 2.24) is 15.0 Å². The Bertz CT molecular complexity index is 1440. The summed E-state index contributed by atoms with van der Waals surface area (Å²) in [5, 5.41) is 0. The summed E-state index contributed by atoms with van der Waals surface area (Å²) in [6.07, 6.45) is 5.44. The predicted molar refractivity (Wildman–Crippen MR) is 137 cm³/mol. The first kappa shape index (κ1) is 21.0. The van der Waals surface area contributed by atoms with Crippen molar-refractivity contribution in [3.8, 4) is 33.5 Å². The minimum absolute atomic E-state index is 0.0763. The number of rotatable bonds is 3. The van der Waals surface area contributed by atoms with Crippen LogP contribution in [0.25, 0.3) is 44.5 Å². The normalized spacial score (nSPS) is 11.6. The van der Waals surface area contributed by atoms with Crippen LogP contribution >= 0.6 is 0 Å². The molecule has 3 aromatic carbocycles. The van der Waals surface area contributed by atoms with E-state index in [1.807, 2.05) is 6.20 Å². The van der Waals surface area contributed by atoms with Crippen LogP contribution in [0.4, 0.5) is 0 Å². The third-order valence-electron chi connectivity index (χ3n) is 6.08. The highest BCUT2D eigenvalue weighted by molar-refractivity contribution is 6.00. The number of aryl methyl sites for hydroxylation is 1. The van der Waals surface area contributed by atoms with E-state index >= 15 is 0 Å². The molecule has 0 unspecified atom stereocenters. The Morgan fingerprint density at radius 3 is 1.88 bits per heavy atom. The first-order chi connectivity index (χ1) is 15.9. The van der Waals surface area contributed by atoms with Gasteiger partial charge in [-0.2, -0.15) is 0 Å². The minimum Gasteiger partial charge on any atom is -0.256 e. The van der Waals surface area contributed by atoms with Crippen molar-refractivity contribution in [2.75, 3.05) is 0 Å². The van der Waals surface area contributed by atoms with Gasteiger partial charge < -0.3 is 0 Å². The van der Waals surface area contributed by atoms with E-state index in [1.165, 1.54) is 11.1 Å². The quantitative estimate of drug-likeness (QED) is 0.296. The Morgan fingerprint density at radius 1 is 0.576 bits per heavy atom. The fourth-order valence-corrected chi connectivity index (χ4v) is 4.16. The molecule has 0 amide bonds. The van der Waals surface area contributed by atoms with Crippen LogP contribution in [0.5, 0.6) is 0 Å². The third-order valence-corrected chi connectivity index (χ3v) is 6.08. The maximum Gasteiger partial charge on any atom is 0.0971 e. The van der Waals surface area contributed by atoms with Crippen LogP contribution in [-0.4, -0.2) is 15.0 Å². The van der Waals surface area contributed by atoms with Crippen molar-refractivity contribution in [2.24, 2.45) is 0 Å². The van der Waals surface area contributed by atoms with Gasteiger partial charge in [0.2, 0.25) is 0 Å². The van der Waals surface area contributed by atoms with Crippen molar-refractivity contribution >= 4 is 11.0 Å². The molecule has 3 nitrogen and oxygen atoms in total. The summed E-state index contributed by atoms with van der Waals surface area (Å²) < 4.78 is 0. The van der Waals surface area contributed by atoms with Crippen molar-refractivity contribution in [3.05, 3.63) is 103 Å².